The molecular weight excluding hydrogens is 256 g/mol. The molecule has 1 aromatic carbocycles. The molecule has 2 aromatic rings. The van der Waals surface area contributed by atoms with Crippen LogP contribution >= 0.6 is 11.3 Å². The van der Waals surface area contributed by atoms with Crippen LogP contribution in [0.5, 0.6) is 0 Å². The topological polar surface area (TPSA) is 33.6 Å². The van der Waals surface area contributed by atoms with E-state index < -0.39 is 0 Å². The van der Waals surface area contributed by atoms with E-state index in [0.29, 0.717) is 6.61 Å². The summed E-state index contributed by atoms with van der Waals surface area (Å²) in [5, 5.41) is 6.54. The van der Waals surface area contributed by atoms with Gasteiger partial charge in [-0.15, -0.1) is 11.3 Å². The van der Waals surface area contributed by atoms with Crippen molar-refractivity contribution in [3.8, 4) is 0 Å². The Morgan fingerprint density at radius 2 is 2.16 bits per heavy atom. The van der Waals surface area contributed by atoms with E-state index in [2.05, 4.69) is 52.3 Å². The summed E-state index contributed by atoms with van der Waals surface area (Å²) in [5.74, 6) is 0. The van der Waals surface area contributed by atoms with E-state index in [0.717, 1.165) is 12.1 Å². The van der Waals surface area contributed by atoms with Gasteiger partial charge in [0.05, 0.1) is 23.2 Å². The normalized spacial score (nSPS) is 18.2. The number of ether oxygens (including phenoxy) is 1. The van der Waals surface area contributed by atoms with Crippen LogP contribution in [0.1, 0.15) is 28.5 Å². The first kappa shape index (κ1) is 12.4. The van der Waals surface area contributed by atoms with Crippen molar-refractivity contribution >= 4 is 17.0 Å². The number of hydrogen-bond acceptors (Lipinski definition) is 4. The SMILES string of the molecule is COCc1ccc(C2CC(c3cccs3)=NN2)cc1. The summed E-state index contributed by atoms with van der Waals surface area (Å²) in [6.45, 7) is 0.662. The van der Waals surface area contributed by atoms with Gasteiger partial charge in [-0.3, -0.25) is 0 Å². The highest BCUT2D eigenvalue weighted by Gasteiger charge is 2.21. The van der Waals surface area contributed by atoms with Crippen LogP contribution in [0, 0.1) is 0 Å². The second-order valence-electron chi connectivity index (χ2n) is 4.60. The molecule has 19 heavy (non-hydrogen) atoms. The molecule has 1 aromatic heterocycles. The average Bonchev–Trinajstić information content (AvgIpc) is 3.11. The highest BCUT2D eigenvalue weighted by molar-refractivity contribution is 7.12. The molecule has 0 amide bonds. The van der Waals surface area contributed by atoms with Crippen molar-refractivity contribution < 1.29 is 4.74 Å². The van der Waals surface area contributed by atoms with E-state index in [1.54, 1.807) is 18.4 Å². The maximum atomic E-state index is 5.12. The summed E-state index contributed by atoms with van der Waals surface area (Å²) >= 11 is 1.74. The van der Waals surface area contributed by atoms with Crippen LogP contribution in [-0.2, 0) is 11.3 Å². The lowest BCUT2D eigenvalue weighted by Crippen LogP contribution is -2.09. The Balaban J connectivity index is 1.69. The molecule has 0 saturated carbocycles. The Morgan fingerprint density at radius 1 is 1.32 bits per heavy atom. The fourth-order valence-corrected chi connectivity index (χ4v) is 2.97. The van der Waals surface area contributed by atoms with Gasteiger partial charge in [-0.05, 0) is 22.6 Å². The molecule has 3 nitrogen and oxygen atoms in total. The third-order valence-electron chi connectivity index (χ3n) is 3.25. The molecule has 1 N–H and O–H groups in total. The van der Waals surface area contributed by atoms with Crippen molar-refractivity contribution in [1.82, 2.24) is 5.43 Å². The summed E-state index contributed by atoms with van der Waals surface area (Å²) in [6, 6.07) is 13.0. The van der Waals surface area contributed by atoms with Crippen LogP contribution in [-0.4, -0.2) is 12.8 Å². The first-order chi connectivity index (χ1) is 9.36. The minimum Gasteiger partial charge on any atom is -0.380 e. The fourth-order valence-electron chi connectivity index (χ4n) is 2.24. The molecule has 0 spiro atoms. The van der Waals surface area contributed by atoms with Gasteiger partial charge in [0.1, 0.15) is 0 Å². The quantitative estimate of drug-likeness (QED) is 0.926. The van der Waals surface area contributed by atoms with Gasteiger partial charge in [0.15, 0.2) is 0 Å². The molecule has 2 heterocycles. The average molecular weight is 272 g/mol. The lowest BCUT2D eigenvalue weighted by atomic mass is 10.0. The van der Waals surface area contributed by atoms with Gasteiger partial charge in [0.2, 0.25) is 0 Å². The van der Waals surface area contributed by atoms with Gasteiger partial charge in [0, 0.05) is 13.5 Å². The van der Waals surface area contributed by atoms with Crippen molar-refractivity contribution in [2.24, 2.45) is 5.10 Å². The smallest absolute Gasteiger partial charge is 0.0799 e. The van der Waals surface area contributed by atoms with Gasteiger partial charge in [-0.1, -0.05) is 30.3 Å². The number of hydrazone groups is 1. The number of rotatable bonds is 4. The molecule has 98 valence electrons. The van der Waals surface area contributed by atoms with Crippen molar-refractivity contribution in [2.75, 3.05) is 7.11 Å². The van der Waals surface area contributed by atoms with Gasteiger partial charge >= 0.3 is 0 Å². The van der Waals surface area contributed by atoms with E-state index >= 15 is 0 Å². The molecule has 0 radical (unpaired) electrons. The van der Waals surface area contributed by atoms with E-state index in [-0.39, 0.29) is 6.04 Å². The zero-order chi connectivity index (χ0) is 13.1. The Hall–Kier alpha value is -1.65. The maximum Gasteiger partial charge on any atom is 0.0799 e. The highest BCUT2D eigenvalue weighted by atomic mass is 32.1. The minimum absolute atomic E-state index is 0.286. The van der Waals surface area contributed by atoms with Crippen molar-refractivity contribution in [1.29, 1.82) is 0 Å². The Bertz CT molecular complexity index is 560. The van der Waals surface area contributed by atoms with E-state index in [1.807, 2.05) is 0 Å². The molecular formula is C15H16N2OS. The molecule has 4 heteroatoms. The predicted octanol–water partition coefficient (Wildman–Crippen LogP) is 3.33. The van der Waals surface area contributed by atoms with Crippen molar-refractivity contribution in [3.05, 3.63) is 57.8 Å². The summed E-state index contributed by atoms with van der Waals surface area (Å²) in [6.07, 6.45) is 0.949. The summed E-state index contributed by atoms with van der Waals surface area (Å²) < 4.78 is 5.12. The van der Waals surface area contributed by atoms with Gasteiger partial charge in [-0.2, -0.15) is 5.10 Å². The Labute approximate surface area is 116 Å². The maximum absolute atomic E-state index is 5.12. The second-order valence-corrected chi connectivity index (χ2v) is 5.54. The first-order valence-electron chi connectivity index (χ1n) is 6.30. The summed E-state index contributed by atoms with van der Waals surface area (Å²) in [4.78, 5) is 1.26. The van der Waals surface area contributed by atoms with Crippen LogP contribution in [0.2, 0.25) is 0 Å². The van der Waals surface area contributed by atoms with Crippen LogP contribution in [0.4, 0.5) is 0 Å². The van der Waals surface area contributed by atoms with Crippen molar-refractivity contribution in [2.45, 2.75) is 19.1 Å². The molecule has 0 fully saturated rings. The molecule has 1 atom stereocenters. The zero-order valence-corrected chi connectivity index (χ0v) is 11.6. The number of methoxy groups -OCH3 is 1. The third kappa shape index (κ3) is 2.69. The zero-order valence-electron chi connectivity index (χ0n) is 10.8. The van der Waals surface area contributed by atoms with E-state index in [1.165, 1.54) is 16.0 Å². The number of nitrogens with zero attached hydrogens (tertiary/aromatic N) is 1. The standard InChI is InChI=1S/C15H16N2OS/c1-18-10-11-4-6-12(7-5-11)13-9-14(17-16-13)15-3-2-8-19-15/h2-8,13,16H,9-10H2,1H3. The molecule has 0 bridgehead atoms. The van der Waals surface area contributed by atoms with Crippen LogP contribution in [0.3, 0.4) is 0 Å². The summed E-state index contributed by atoms with van der Waals surface area (Å²) in [5.41, 5.74) is 6.85. The third-order valence-corrected chi connectivity index (χ3v) is 4.17. The molecule has 3 rings (SSSR count). The second kappa shape index (κ2) is 5.55. The largest absolute Gasteiger partial charge is 0.380 e. The lowest BCUT2D eigenvalue weighted by molar-refractivity contribution is 0.185. The number of hydrogen-bond donors (Lipinski definition) is 1. The molecule has 0 aliphatic carbocycles. The van der Waals surface area contributed by atoms with Crippen LogP contribution < -0.4 is 5.43 Å². The lowest BCUT2D eigenvalue weighted by Gasteiger charge is -2.10. The molecule has 0 saturated heterocycles. The fraction of sp³-hybridized carbons (Fsp3) is 0.267. The highest BCUT2D eigenvalue weighted by Crippen LogP contribution is 2.26. The number of benzene rings is 1. The van der Waals surface area contributed by atoms with Gasteiger partial charge in [0.25, 0.3) is 0 Å². The van der Waals surface area contributed by atoms with Crippen molar-refractivity contribution in [3.63, 3.8) is 0 Å². The monoisotopic (exact) mass is 272 g/mol. The molecule has 1 aliphatic rings. The predicted molar refractivity (Wildman–Crippen MR) is 78.5 cm³/mol. The number of thiophene rings is 1. The van der Waals surface area contributed by atoms with Gasteiger partial charge < -0.3 is 10.2 Å². The van der Waals surface area contributed by atoms with Crippen LogP contribution in [0.15, 0.2) is 46.9 Å². The van der Waals surface area contributed by atoms with Crippen LogP contribution in [0.25, 0.3) is 0 Å². The molecule has 1 aliphatic heterocycles. The Kier molecular flexibility index (Phi) is 3.62. The number of nitrogens with one attached hydrogen (secondary N) is 1. The van der Waals surface area contributed by atoms with E-state index in [4.69, 9.17) is 4.74 Å². The first-order valence-corrected chi connectivity index (χ1v) is 7.18. The van der Waals surface area contributed by atoms with Gasteiger partial charge in [-0.25, -0.2) is 0 Å². The van der Waals surface area contributed by atoms with E-state index in [9.17, 15) is 0 Å². The minimum atomic E-state index is 0.286. The Morgan fingerprint density at radius 3 is 2.84 bits per heavy atom. The summed E-state index contributed by atoms with van der Waals surface area (Å²) in [7, 11) is 1.72. The molecule has 1 unspecified atom stereocenters.